The van der Waals surface area contributed by atoms with E-state index in [4.69, 9.17) is 18.9 Å². The molecule has 4 atom stereocenters. The fourth-order valence-electron chi connectivity index (χ4n) is 4.11. The number of carbonyl (C=O) groups is 1. The Kier molecular flexibility index (Phi) is 6.01. The largest absolute Gasteiger partial charge is 0.484 e. The molecule has 0 aromatic heterocycles. The first-order chi connectivity index (χ1) is 15.8. The highest BCUT2D eigenvalue weighted by molar-refractivity contribution is 5.85. The second kappa shape index (κ2) is 9.39. The van der Waals surface area contributed by atoms with E-state index in [1.807, 2.05) is 91.0 Å². The Morgan fingerprint density at radius 2 is 1.34 bits per heavy atom. The molecular formula is C27H24O5. The molecule has 1 fully saturated rings. The lowest BCUT2D eigenvalue weighted by atomic mass is 9.98. The number of hydrogen-bond acceptors (Lipinski definition) is 5. The molecule has 1 saturated heterocycles. The molecule has 32 heavy (non-hydrogen) atoms. The van der Waals surface area contributed by atoms with Crippen LogP contribution in [0.15, 0.2) is 103 Å². The summed E-state index contributed by atoms with van der Waals surface area (Å²) in [7, 11) is 0. The van der Waals surface area contributed by atoms with E-state index >= 15 is 0 Å². The molecule has 0 N–H and O–H groups in total. The lowest BCUT2D eigenvalue weighted by Crippen LogP contribution is -2.38. The minimum Gasteiger partial charge on any atom is -0.484 e. The van der Waals surface area contributed by atoms with Gasteiger partial charge in [-0.1, -0.05) is 91.0 Å². The minimum absolute atomic E-state index is 0.382. The van der Waals surface area contributed by atoms with E-state index in [-0.39, 0.29) is 0 Å². The second-order valence-electron chi connectivity index (χ2n) is 7.88. The third-order valence-corrected chi connectivity index (χ3v) is 5.66. The summed E-state index contributed by atoms with van der Waals surface area (Å²) in [6.45, 7) is 0.808. The van der Waals surface area contributed by atoms with Gasteiger partial charge >= 0.3 is 5.97 Å². The van der Waals surface area contributed by atoms with Crippen LogP contribution in [-0.2, 0) is 37.0 Å². The number of benzene rings is 3. The van der Waals surface area contributed by atoms with Crippen molar-refractivity contribution < 1.29 is 23.7 Å². The molecule has 0 saturated carbocycles. The van der Waals surface area contributed by atoms with Crippen molar-refractivity contribution in [3.05, 3.63) is 120 Å². The van der Waals surface area contributed by atoms with Gasteiger partial charge in [-0.05, 0) is 16.7 Å². The van der Waals surface area contributed by atoms with Crippen LogP contribution < -0.4 is 0 Å². The fourth-order valence-corrected chi connectivity index (χ4v) is 4.11. The number of rotatable bonds is 8. The van der Waals surface area contributed by atoms with Crippen LogP contribution >= 0.6 is 0 Å². The highest BCUT2D eigenvalue weighted by Crippen LogP contribution is 2.41. The molecule has 2 heterocycles. The molecule has 0 amide bonds. The predicted octanol–water partition coefficient (Wildman–Crippen LogP) is 4.74. The Labute approximate surface area is 187 Å². The van der Waals surface area contributed by atoms with Gasteiger partial charge in [-0.25, -0.2) is 4.79 Å². The molecule has 0 radical (unpaired) electrons. The maximum atomic E-state index is 11.9. The Bertz CT molecular complexity index is 1060. The zero-order chi connectivity index (χ0) is 21.8. The normalized spacial score (nSPS) is 22.6. The molecule has 162 valence electrons. The third kappa shape index (κ3) is 4.44. The number of carbonyl (C=O) groups excluding carboxylic acids is 1. The fraction of sp³-hybridized carbons (Fsp3) is 0.222. The molecule has 2 aliphatic heterocycles. The number of esters is 1. The van der Waals surface area contributed by atoms with Gasteiger partial charge in [0.25, 0.3) is 0 Å². The van der Waals surface area contributed by atoms with Crippen molar-refractivity contribution in [2.45, 2.75) is 37.6 Å². The van der Waals surface area contributed by atoms with E-state index in [0.29, 0.717) is 19.0 Å². The third-order valence-electron chi connectivity index (χ3n) is 5.66. The van der Waals surface area contributed by atoms with Crippen LogP contribution in [0.4, 0.5) is 0 Å². The van der Waals surface area contributed by atoms with Gasteiger partial charge in [0.1, 0.15) is 18.0 Å². The summed E-state index contributed by atoms with van der Waals surface area (Å²) in [6.07, 6.45) is -0.517. The predicted molar refractivity (Wildman–Crippen MR) is 118 cm³/mol. The molecule has 5 rings (SSSR count). The van der Waals surface area contributed by atoms with Crippen molar-refractivity contribution >= 4 is 5.97 Å². The number of ether oxygens (including phenoxy) is 4. The molecule has 5 heteroatoms. The summed E-state index contributed by atoms with van der Waals surface area (Å²) >= 11 is 0. The van der Waals surface area contributed by atoms with E-state index in [0.717, 1.165) is 16.7 Å². The van der Waals surface area contributed by atoms with Crippen molar-refractivity contribution in [3.63, 3.8) is 0 Å². The first-order valence-corrected chi connectivity index (χ1v) is 10.7. The van der Waals surface area contributed by atoms with Gasteiger partial charge in [0.15, 0.2) is 12.2 Å². The van der Waals surface area contributed by atoms with Gasteiger partial charge in [0.2, 0.25) is 0 Å². The number of fused-ring (bicyclic) bond motifs is 1. The molecular weight excluding hydrogens is 404 g/mol. The topological polar surface area (TPSA) is 54.0 Å². The summed E-state index contributed by atoms with van der Waals surface area (Å²) in [5.74, 6) is 0.0977. The second-order valence-corrected chi connectivity index (χ2v) is 7.88. The average molecular weight is 428 g/mol. The van der Waals surface area contributed by atoms with E-state index in [1.165, 1.54) is 6.08 Å². The Morgan fingerprint density at radius 1 is 0.750 bits per heavy atom. The average Bonchev–Trinajstić information content (AvgIpc) is 3.36. The first-order valence-electron chi connectivity index (χ1n) is 10.7. The van der Waals surface area contributed by atoms with Crippen molar-refractivity contribution in [2.75, 3.05) is 0 Å². The summed E-state index contributed by atoms with van der Waals surface area (Å²) in [5, 5.41) is 0. The van der Waals surface area contributed by atoms with Crippen LogP contribution in [0.3, 0.4) is 0 Å². The molecule has 0 spiro atoms. The van der Waals surface area contributed by atoms with Crippen molar-refractivity contribution in [1.29, 1.82) is 0 Å². The summed E-state index contributed by atoms with van der Waals surface area (Å²) in [5.41, 5.74) is 3.09. The highest BCUT2D eigenvalue weighted by Gasteiger charge is 2.52. The molecule has 3 aromatic rings. The van der Waals surface area contributed by atoms with Gasteiger partial charge in [-0.3, -0.25) is 0 Å². The summed E-state index contributed by atoms with van der Waals surface area (Å²) in [4.78, 5) is 11.9. The van der Waals surface area contributed by atoms with E-state index in [9.17, 15) is 4.79 Å². The molecule has 0 bridgehead atoms. The highest BCUT2D eigenvalue weighted by atomic mass is 16.6. The quantitative estimate of drug-likeness (QED) is 0.485. The van der Waals surface area contributed by atoms with Crippen molar-refractivity contribution in [3.8, 4) is 0 Å². The van der Waals surface area contributed by atoms with Crippen LogP contribution in [0.25, 0.3) is 0 Å². The lowest BCUT2D eigenvalue weighted by molar-refractivity contribution is -0.150. The SMILES string of the molecule is O=C1C=C2O[C@H]([C@H](OCc3ccccc3)c3ccccc3)[C@H](OCc3ccccc3)[C@H]2O1. The Morgan fingerprint density at radius 3 is 2.00 bits per heavy atom. The van der Waals surface area contributed by atoms with Crippen LogP contribution in [0.2, 0.25) is 0 Å². The first kappa shape index (κ1) is 20.5. The monoisotopic (exact) mass is 428 g/mol. The summed E-state index contributed by atoms with van der Waals surface area (Å²) < 4.78 is 24.5. The Balaban J connectivity index is 1.42. The minimum atomic E-state index is -0.567. The van der Waals surface area contributed by atoms with Crippen LogP contribution in [0, 0.1) is 0 Å². The molecule has 0 unspecified atom stereocenters. The maximum Gasteiger partial charge on any atom is 0.335 e. The van der Waals surface area contributed by atoms with E-state index in [1.54, 1.807) is 0 Å². The van der Waals surface area contributed by atoms with Crippen molar-refractivity contribution in [1.82, 2.24) is 0 Å². The zero-order valence-corrected chi connectivity index (χ0v) is 17.5. The standard InChI is InChI=1S/C27H24O5/c28-23-16-22-25(32-23)26(30-18-20-12-6-2-7-13-20)27(31-22)24(21-14-8-3-9-15-21)29-17-19-10-4-1-5-11-19/h1-16,24-27H,17-18H2/t24-,25+,26-,27-/m1/s1. The van der Waals surface area contributed by atoms with Crippen LogP contribution in [0.5, 0.6) is 0 Å². The smallest absolute Gasteiger partial charge is 0.335 e. The molecule has 2 aliphatic rings. The molecule has 0 aliphatic carbocycles. The number of hydrogen-bond donors (Lipinski definition) is 0. The van der Waals surface area contributed by atoms with Crippen LogP contribution in [-0.4, -0.2) is 24.3 Å². The van der Waals surface area contributed by atoms with Gasteiger partial charge in [0, 0.05) is 0 Å². The van der Waals surface area contributed by atoms with Crippen LogP contribution in [0.1, 0.15) is 22.8 Å². The molecule has 5 nitrogen and oxygen atoms in total. The van der Waals surface area contributed by atoms with Gasteiger partial charge in [-0.2, -0.15) is 0 Å². The van der Waals surface area contributed by atoms with Crippen molar-refractivity contribution in [2.24, 2.45) is 0 Å². The van der Waals surface area contributed by atoms with E-state index in [2.05, 4.69) is 0 Å². The Hall–Kier alpha value is -3.41. The summed E-state index contributed by atoms with van der Waals surface area (Å²) in [6, 6.07) is 29.9. The zero-order valence-electron chi connectivity index (χ0n) is 17.5. The van der Waals surface area contributed by atoms with E-state index < -0.39 is 30.4 Å². The van der Waals surface area contributed by atoms with Gasteiger partial charge in [0.05, 0.1) is 19.3 Å². The van der Waals surface area contributed by atoms with Gasteiger partial charge in [-0.15, -0.1) is 0 Å². The molecule has 3 aromatic carbocycles. The lowest BCUT2D eigenvalue weighted by Gasteiger charge is -2.29. The maximum absolute atomic E-state index is 11.9. The van der Waals surface area contributed by atoms with Gasteiger partial charge < -0.3 is 18.9 Å².